The van der Waals surface area contributed by atoms with Crippen LogP contribution in [0.3, 0.4) is 0 Å². The van der Waals surface area contributed by atoms with Crippen molar-refractivity contribution in [3.05, 3.63) is 34.6 Å². The van der Waals surface area contributed by atoms with Crippen molar-refractivity contribution in [3.63, 3.8) is 0 Å². The number of hydrogen-bond acceptors (Lipinski definition) is 3. The van der Waals surface area contributed by atoms with Gasteiger partial charge in [-0.25, -0.2) is 26.7 Å². The number of nitrogens with zero attached hydrogens (tertiary/aromatic N) is 1. The summed E-state index contributed by atoms with van der Waals surface area (Å²) in [4.78, 5) is 14.0. The summed E-state index contributed by atoms with van der Waals surface area (Å²) in [5.74, 6) is -12.2. The number of carbonyl (C=O) groups is 1. The summed E-state index contributed by atoms with van der Waals surface area (Å²) in [6, 6.07) is 0. The van der Waals surface area contributed by atoms with Crippen LogP contribution in [0.2, 0.25) is 0 Å². The minimum Gasteiger partial charge on any atom is -0.479 e. The number of hydrogen-bond donors (Lipinski definition) is 1. The van der Waals surface area contributed by atoms with Crippen molar-refractivity contribution in [2.24, 2.45) is 5.16 Å². The topological polar surface area (TPSA) is 58.9 Å². The smallest absolute Gasteiger partial charge is 0.344 e. The van der Waals surface area contributed by atoms with Gasteiger partial charge in [-0.15, -0.1) is 0 Å². The van der Waals surface area contributed by atoms with Crippen LogP contribution in [0.4, 0.5) is 22.0 Å². The van der Waals surface area contributed by atoms with Gasteiger partial charge in [-0.3, -0.25) is 0 Å². The summed E-state index contributed by atoms with van der Waals surface area (Å²) < 4.78 is 64.0. The van der Waals surface area contributed by atoms with Gasteiger partial charge in [-0.05, 0) is 0 Å². The lowest BCUT2D eigenvalue weighted by atomic mass is 10.2. The third-order valence-electron chi connectivity index (χ3n) is 1.69. The summed E-state index contributed by atoms with van der Waals surface area (Å²) in [6.45, 7) is -0.925. The molecule has 0 unspecified atom stereocenters. The number of carboxylic acid groups (broad SMARTS) is 1. The van der Waals surface area contributed by atoms with Crippen LogP contribution in [0.1, 0.15) is 5.56 Å². The maximum absolute atomic E-state index is 13.0. The van der Waals surface area contributed by atoms with Gasteiger partial charge in [-0.2, -0.15) is 0 Å². The van der Waals surface area contributed by atoms with Gasteiger partial charge in [0.25, 0.3) is 0 Å². The molecule has 1 aromatic carbocycles. The predicted molar refractivity (Wildman–Crippen MR) is 47.4 cm³/mol. The Morgan fingerprint density at radius 2 is 1.50 bits per heavy atom. The van der Waals surface area contributed by atoms with Crippen LogP contribution >= 0.6 is 0 Å². The van der Waals surface area contributed by atoms with Gasteiger partial charge >= 0.3 is 5.97 Å². The van der Waals surface area contributed by atoms with Crippen molar-refractivity contribution in [3.8, 4) is 0 Å². The monoisotopic (exact) mass is 269 g/mol. The Balaban J connectivity index is 3.06. The molecule has 0 radical (unpaired) electrons. The van der Waals surface area contributed by atoms with Crippen molar-refractivity contribution < 1.29 is 36.7 Å². The van der Waals surface area contributed by atoms with Crippen LogP contribution < -0.4 is 0 Å². The second-order valence-corrected chi connectivity index (χ2v) is 2.89. The molecule has 98 valence electrons. The standard InChI is InChI=1S/C9H4F5NO3/c10-5-3(1-15-18-2-4(16)17)6(11)8(13)9(14)7(5)12/h1H,2H2,(H,16,17). The largest absolute Gasteiger partial charge is 0.479 e. The number of carboxylic acids is 1. The third kappa shape index (κ3) is 2.73. The van der Waals surface area contributed by atoms with E-state index in [0.29, 0.717) is 0 Å². The second-order valence-electron chi connectivity index (χ2n) is 2.89. The fraction of sp³-hybridized carbons (Fsp3) is 0.111. The van der Waals surface area contributed by atoms with Crippen molar-refractivity contribution in [1.82, 2.24) is 0 Å². The molecule has 0 atom stereocenters. The van der Waals surface area contributed by atoms with Gasteiger partial charge in [0.1, 0.15) is 0 Å². The van der Waals surface area contributed by atoms with Crippen molar-refractivity contribution >= 4 is 12.2 Å². The molecular formula is C9H4F5NO3. The predicted octanol–water partition coefficient (Wildman–Crippen LogP) is 1.82. The average Bonchev–Trinajstić information content (AvgIpc) is 2.32. The summed E-state index contributed by atoms with van der Waals surface area (Å²) in [7, 11) is 0. The molecule has 0 saturated heterocycles. The molecule has 0 heterocycles. The zero-order valence-corrected chi connectivity index (χ0v) is 8.39. The molecule has 0 spiro atoms. The Bertz CT molecular complexity index is 488. The first-order valence-electron chi connectivity index (χ1n) is 4.24. The van der Waals surface area contributed by atoms with E-state index in [1.807, 2.05) is 0 Å². The number of oxime groups is 1. The van der Waals surface area contributed by atoms with Gasteiger partial charge in [-0.1, -0.05) is 5.16 Å². The molecule has 1 rings (SSSR count). The molecule has 0 bridgehead atoms. The van der Waals surface area contributed by atoms with Gasteiger partial charge in [0.15, 0.2) is 23.3 Å². The van der Waals surface area contributed by atoms with Gasteiger partial charge < -0.3 is 9.94 Å². The third-order valence-corrected chi connectivity index (χ3v) is 1.69. The van der Waals surface area contributed by atoms with E-state index in [9.17, 15) is 26.7 Å². The van der Waals surface area contributed by atoms with E-state index in [0.717, 1.165) is 0 Å². The van der Waals surface area contributed by atoms with E-state index in [1.165, 1.54) is 0 Å². The highest BCUT2D eigenvalue weighted by atomic mass is 19.2. The Labute approximate surface area is 96.3 Å². The minimum absolute atomic E-state index is 0.194. The van der Waals surface area contributed by atoms with Gasteiger partial charge in [0.05, 0.1) is 11.8 Å². The lowest BCUT2D eigenvalue weighted by molar-refractivity contribution is -0.142. The first kappa shape index (κ1) is 13.9. The molecule has 18 heavy (non-hydrogen) atoms. The Morgan fingerprint density at radius 1 is 1.06 bits per heavy atom. The summed E-state index contributed by atoms with van der Waals surface area (Å²) in [5.41, 5.74) is -1.32. The van der Waals surface area contributed by atoms with Crippen LogP contribution in [0.15, 0.2) is 5.16 Å². The first-order chi connectivity index (χ1) is 8.36. The SMILES string of the molecule is O=C(O)CON=Cc1c(F)c(F)c(F)c(F)c1F. The zero-order valence-electron chi connectivity index (χ0n) is 8.39. The van der Waals surface area contributed by atoms with E-state index in [2.05, 4.69) is 9.99 Å². The molecule has 0 aromatic heterocycles. The molecule has 4 nitrogen and oxygen atoms in total. The van der Waals surface area contributed by atoms with E-state index in [1.54, 1.807) is 0 Å². The fourth-order valence-electron chi connectivity index (χ4n) is 0.918. The molecule has 0 aliphatic rings. The number of benzene rings is 1. The Kier molecular flexibility index (Phi) is 4.18. The minimum atomic E-state index is -2.30. The summed E-state index contributed by atoms with van der Waals surface area (Å²) >= 11 is 0. The lowest BCUT2D eigenvalue weighted by Crippen LogP contribution is -2.07. The van der Waals surface area contributed by atoms with Crippen molar-refractivity contribution in [2.45, 2.75) is 0 Å². The van der Waals surface area contributed by atoms with E-state index < -0.39 is 47.2 Å². The lowest BCUT2D eigenvalue weighted by Gasteiger charge is -2.03. The maximum Gasteiger partial charge on any atom is 0.344 e. The molecule has 0 aliphatic heterocycles. The van der Waals surface area contributed by atoms with Crippen LogP contribution in [0, 0.1) is 29.1 Å². The fourth-order valence-corrected chi connectivity index (χ4v) is 0.918. The average molecular weight is 269 g/mol. The normalized spacial score (nSPS) is 10.9. The number of halogens is 5. The van der Waals surface area contributed by atoms with Crippen molar-refractivity contribution in [1.29, 1.82) is 0 Å². The molecule has 0 fully saturated rings. The highest BCUT2D eigenvalue weighted by Gasteiger charge is 2.24. The van der Waals surface area contributed by atoms with Crippen LogP contribution in [0.5, 0.6) is 0 Å². The molecular weight excluding hydrogens is 265 g/mol. The van der Waals surface area contributed by atoms with Crippen molar-refractivity contribution in [2.75, 3.05) is 6.61 Å². The van der Waals surface area contributed by atoms with Gasteiger partial charge in [0, 0.05) is 0 Å². The molecule has 1 aromatic rings. The zero-order chi connectivity index (χ0) is 13.9. The molecule has 1 N–H and O–H groups in total. The molecule has 0 aliphatic carbocycles. The second kappa shape index (κ2) is 5.43. The molecule has 0 saturated carbocycles. The highest BCUT2D eigenvalue weighted by molar-refractivity contribution is 5.80. The number of aliphatic carboxylic acids is 1. The maximum atomic E-state index is 13.0. The number of rotatable bonds is 4. The van der Waals surface area contributed by atoms with E-state index in [4.69, 9.17) is 5.11 Å². The van der Waals surface area contributed by atoms with E-state index >= 15 is 0 Å². The quantitative estimate of drug-likeness (QED) is 0.298. The molecule has 0 amide bonds. The van der Waals surface area contributed by atoms with Crippen LogP contribution in [-0.4, -0.2) is 23.9 Å². The van der Waals surface area contributed by atoms with Crippen LogP contribution in [-0.2, 0) is 9.63 Å². The summed E-state index contributed by atoms with van der Waals surface area (Å²) in [6.07, 6.45) is 0.194. The van der Waals surface area contributed by atoms with Gasteiger partial charge in [0.2, 0.25) is 12.4 Å². The Morgan fingerprint density at radius 3 is 1.94 bits per heavy atom. The highest BCUT2D eigenvalue weighted by Crippen LogP contribution is 2.21. The van der Waals surface area contributed by atoms with Crippen LogP contribution in [0.25, 0.3) is 0 Å². The summed E-state index contributed by atoms with van der Waals surface area (Å²) in [5, 5.41) is 10.9. The Hall–Kier alpha value is -2.19. The first-order valence-corrected chi connectivity index (χ1v) is 4.24. The van der Waals surface area contributed by atoms with E-state index in [-0.39, 0.29) is 6.21 Å². The molecule has 9 heteroatoms.